The lowest BCUT2D eigenvalue weighted by atomic mass is 10.1. The van der Waals surface area contributed by atoms with Crippen molar-refractivity contribution in [1.82, 2.24) is 4.90 Å². The van der Waals surface area contributed by atoms with Crippen molar-refractivity contribution in [2.75, 3.05) is 13.1 Å². The molecular formula is C20H24N2O. The van der Waals surface area contributed by atoms with Gasteiger partial charge in [0.1, 0.15) is 11.5 Å². The van der Waals surface area contributed by atoms with E-state index >= 15 is 0 Å². The van der Waals surface area contributed by atoms with Crippen LogP contribution < -0.4 is 0 Å². The lowest BCUT2D eigenvalue weighted by Gasteiger charge is -2.30. The first-order chi connectivity index (χ1) is 11.1. The maximum atomic E-state index is 6.20. The van der Waals surface area contributed by atoms with E-state index in [9.17, 15) is 0 Å². The second-order valence-electron chi connectivity index (χ2n) is 6.17. The smallest absolute Gasteiger partial charge is 0.171 e. The third kappa shape index (κ3) is 3.55. The first kappa shape index (κ1) is 15.6. The summed E-state index contributed by atoms with van der Waals surface area (Å²) in [5.41, 5.74) is 3.91. The van der Waals surface area contributed by atoms with Gasteiger partial charge < -0.3 is 9.64 Å². The molecule has 0 bridgehead atoms. The van der Waals surface area contributed by atoms with Crippen LogP contribution in [0.4, 0.5) is 0 Å². The molecule has 0 saturated carbocycles. The Hall–Kier alpha value is -2.29. The van der Waals surface area contributed by atoms with Gasteiger partial charge in [0.25, 0.3) is 0 Å². The summed E-state index contributed by atoms with van der Waals surface area (Å²) >= 11 is 0. The summed E-state index contributed by atoms with van der Waals surface area (Å²) in [6.45, 7) is 10.2. The van der Waals surface area contributed by atoms with E-state index in [1.165, 1.54) is 25.0 Å². The Morgan fingerprint density at radius 2 is 1.78 bits per heavy atom. The Morgan fingerprint density at radius 1 is 1.09 bits per heavy atom. The van der Waals surface area contributed by atoms with Gasteiger partial charge in [-0.05, 0) is 33.1 Å². The number of aliphatic imine (C=N–C) groups is 1. The molecule has 3 heteroatoms. The molecule has 1 aromatic carbocycles. The summed E-state index contributed by atoms with van der Waals surface area (Å²) in [5, 5.41) is 0. The van der Waals surface area contributed by atoms with Crippen molar-refractivity contribution >= 4 is 11.5 Å². The van der Waals surface area contributed by atoms with Crippen molar-refractivity contribution in [3.63, 3.8) is 0 Å². The van der Waals surface area contributed by atoms with Gasteiger partial charge in [-0.1, -0.05) is 36.9 Å². The van der Waals surface area contributed by atoms with Crippen molar-refractivity contribution in [2.24, 2.45) is 4.99 Å². The number of piperidine rings is 1. The quantitative estimate of drug-likeness (QED) is 0.805. The Morgan fingerprint density at radius 3 is 2.43 bits per heavy atom. The minimum atomic E-state index is 0.790. The second-order valence-corrected chi connectivity index (χ2v) is 6.17. The lowest BCUT2D eigenvalue weighted by molar-refractivity contribution is 0.269. The molecule has 2 heterocycles. The molecule has 0 aliphatic carbocycles. The minimum absolute atomic E-state index is 0.790. The van der Waals surface area contributed by atoms with E-state index in [-0.39, 0.29) is 0 Å². The SMILES string of the molecule is C=C(C)N=C1C=C(c2ccccc2)O/C1=C(/C)N1CCCCC1. The highest BCUT2D eigenvalue weighted by Gasteiger charge is 2.25. The van der Waals surface area contributed by atoms with E-state index in [1.54, 1.807) is 0 Å². The third-order valence-corrected chi connectivity index (χ3v) is 4.24. The van der Waals surface area contributed by atoms with Crippen LogP contribution in [0.1, 0.15) is 38.7 Å². The third-order valence-electron chi connectivity index (χ3n) is 4.24. The molecule has 1 saturated heterocycles. The molecule has 2 aliphatic rings. The van der Waals surface area contributed by atoms with E-state index < -0.39 is 0 Å². The minimum Gasteiger partial charge on any atom is -0.453 e. The predicted octanol–water partition coefficient (Wildman–Crippen LogP) is 4.75. The van der Waals surface area contributed by atoms with Gasteiger partial charge in [0.05, 0.1) is 5.70 Å². The van der Waals surface area contributed by atoms with Crippen LogP contribution in [0.25, 0.3) is 5.76 Å². The molecule has 3 nitrogen and oxygen atoms in total. The maximum Gasteiger partial charge on any atom is 0.171 e. The van der Waals surface area contributed by atoms with Crippen LogP contribution in [0.5, 0.6) is 0 Å². The van der Waals surface area contributed by atoms with Crippen molar-refractivity contribution in [3.05, 3.63) is 65.7 Å². The largest absolute Gasteiger partial charge is 0.453 e. The van der Waals surface area contributed by atoms with Gasteiger partial charge in [-0.2, -0.15) is 0 Å². The Labute approximate surface area is 138 Å². The molecule has 23 heavy (non-hydrogen) atoms. The summed E-state index contributed by atoms with van der Waals surface area (Å²) in [6.07, 6.45) is 5.83. The number of nitrogens with zero attached hydrogens (tertiary/aromatic N) is 2. The monoisotopic (exact) mass is 308 g/mol. The van der Waals surface area contributed by atoms with Crippen LogP contribution in [0.3, 0.4) is 0 Å². The highest BCUT2D eigenvalue weighted by molar-refractivity contribution is 6.14. The molecule has 1 fully saturated rings. The molecule has 0 spiro atoms. The Kier molecular flexibility index (Phi) is 4.65. The fourth-order valence-corrected chi connectivity index (χ4v) is 3.05. The predicted molar refractivity (Wildman–Crippen MR) is 95.9 cm³/mol. The van der Waals surface area contributed by atoms with E-state index in [0.717, 1.165) is 41.6 Å². The molecule has 0 N–H and O–H groups in total. The first-order valence-corrected chi connectivity index (χ1v) is 8.30. The molecule has 0 atom stereocenters. The van der Waals surface area contributed by atoms with Crippen LogP contribution in [0, 0.1) is 0 Å². The van der Waals surface area contributed by atoms with Crippen LogP contribution in [0.2, 0.25) is 0 Å². The van der Waals surface area contributed by atoms with E-state index in [1.807, 2.05) is 31.2 Å². The average Bonchev–Trinajstić information content (AvgIpc) is 2.99. The highest BCUT2D eigenvalue weighted by atomic mass is 16.5. The highest BCUT2D eigenvalue weighted by Crippen LogP contribution is 2.31. The van der Waals surface area contributed by atoms with Gasteiger partial charge in [-0.15, -0.1) is 0 Å². The second kappa shape index (κ2) is 6.86. The van der Waals surface area contributed by atoms with Gasteiger partial charge in [0, 0.05) is 30.4 Å². The number of ether oxygens (including phenoxy) is 1. The molecule has 0 amide bonds. The molecule has 0 unspecified atom stereocenters. The van der Waals surface area contributed by atoms with Crippen molar-refractivity contribution < 1.29 is 4.74 Å². The number of allylic oxidation sites excluding steroid dienone is 3. The van der Waals surface area contributed by atoms with Crippen molar-refractivity contribution in [3.8, 4) is 0 Å². The number of rotatable bonds is 3. The Balaban J connectivity index is 1.95. The van der Waals surface area contributed by atoms with Gasteiger partial charge in [0.15, 0.2) is 5.76 Å². The van der Waals surface area contributed by atoms with Crippen LogP contribution in [-0.4, -0.2) is 23.7 Å². The number of likely N-dealkylation sites (tertiary alicyclic amines) is 1. The summed E-state index contributed by atoms with van der Waals surface area (Å²) in [6, 6.07) is 10.2. The number of benzene rings is 1. The first-order valence-electron chi connectivity index (χ1n) is 8.30. The summed E-state index contributed by atoms with van der Waals surface area (Å²) < 4.78 is 6.20. The van der Waals surface area contributed by atoms with Gasteiger partial charge in [0.2, 0.25) is 0 Å². The normalized spacial score (nSPS) is 21.9. The molecule has 2 aliphatic heterocycles. The molecule has 120 valence electrons. The van der Waals surface area contributed by atoms with Crippen molar-refractivity contribution in [2.45, 2.75) is 33.1 Å². The Bertz CT molecular complexity index is 677. The van der Waals surface area contributed by atoms with Crippen LogP contribution >= 0.6 is 0 Å². The summed E-state index contributed by atoms with van der Waals surface area (Å²) in [4.78, 5) is 7.00. The number of hydrogen-bond acceptors (Lipinski definition) is 3. The van der Waals surface area contributed by atoms with Crippen LogP contribution in [-0.2, 0) is 4.74 Å². The standard InChI is InChI=1S/C20H24N2O/c1-15(2)21-18-14-19(17-10-6-4-7-11-17)23-20(18)16(3)22-12-8-5-9-13-22/h4,6-7,10-11,14H,1,5,8-9,12-13H2,2-3H3/b20-16-,21-18?. The van der Waals surface area contributed by atoms with Crippen molar-refractivity contribution in [1.29, 1.82) is 0 Å². The molecule has 1 aromatic rings. The fourth-order valence-electron chi connectivity index (χ4n) is 3.05. The van der Waals surface area contributed by atoms with E-state index in [2.05, 4.69) is 35.5 Å². The summed E-state index contributed by atoms with van der Waals surface area (Å²) in [7, 11) is 0. The maximum absolute atomic E-state index is 6.20. The zero-order chi connectivity index (χ0) is 16.2. The van der Waals surface area contributed by atoms with Gasteiger partial charge >= 0.3 is 0 Å². The average molecular weight is 308 g/mol. The van der Waals surface area contributed by atoms with E-state index in [4.69, 9.17) is 4.74 Å². The topological polar surface area (TPSA) is 24.8 Å². The zero-order valence-electron chi connectivity index (χ0n) is 14.0. The zero-order valence-corrected chi connectivity index (χ0v) is 14.0. The van der Waals surface area contributed by atoms with Crippen LogP contribution in [0.15, 0.2) is 65.1 Å². The number of hydrogen-bond donors (Lipinski definition) is 0. The molecule has 0 radical (unpaired) electrons. The molecular weight excluding hydrogens is 284 g/mol. The van der Waals surface area contributed by atoms with E-state index in [0.29, 0.717) is 0 Å². The molecule has 0 aromatic heterocycles. The fraction of sp³-hybridized carbons (Fsp3) is 0.350. The summed E-state index contributed by atoms with van der Waals surface area (Å²) in [5.74, 6) is 1.73. The molecule has 3 rings (SSSR count). The lowest BCUT2D eigenvalue weighted by Crippen LogP contribution is -2.29. The van der Waals surface area contributed by atoms with Gasteiger partial charge in [-0.25, -0.2) is 0 Å². The van der Waals surface area contributed by atoms with Gasteiger partial charge in [-0.3, -0.25) is 4.99 Å².